The summed E-state index contributed by atoms with van der Waals surface area (Å²) < 4.78 is 17.0. The second-order valence-electron chi connectivity index (χ2n) is 6.20. The topological polar surface area (TPSA) is 82.7 Å². The Kier molecular flexibility index (Phi) is 5.49. The molecule has 1 aromatic heterocycles. The van der Waals surface area contributed by atoms with Crippen molar-refractivity contribution in [1.29, 1.82) is 0 Å². The van der Waals surface area contributed by atoms with Gasteiger partial charge in [0.1, 0.15) is 0 Å². The average Bonchev–Trinajstić information content (AvgIpc) is 2.95. The van der Waals surface area contributed by atoms with E-state index in [1.165, 1.54) is 4.57 Å². The van der Waals surface area contributed by atoms with Crippen LogP contribution in [0.2, 0.25) is 0 Å². The van der Waals surface area contributed by atoms with E-state index < -0.39 is 5.76 Å². The number of nitrogens with zero attached hydrogens (tertiary/aromatic N) is 1. The molecule has 0 aliphatic rings. The number of benzene rings is 2. The van der Waals surface area contributed by atoms with Crippen molar-refractivity contribution in [3.63, 3.8) is 0 Å². The first-order chi connectivity index (χ1) is 13.0. The molecular weight excluding hydrogens is 348 g/mol. The van der Waals surface area contributed by atoms with Gasteiger partial charge in [-0.05, 0) is 48.7 Å². The fourth-order valence-electron chi connectivity index (χ4n) is 2.92. The van der Waals surface area contributed by atoms with E-state index in [2.05, 4.69) is 5.32 Å². The van der Waals surface area contributed by atoms with Crippen LogP contribution in [-0.2, 0) is 18.3 Å². The number of methoxy groups -OCH3 is 2. The Hall–Kier alpha value is -3.22. The smallest absolute Gasteiger partial charge is 0.419 e. The maximum Gasteiger partial charge on any atom is 0.419 e. The summed E-state index contributed by atoms with van der Waals surface area (Å²) in [6, 6.07) is 10.9. The molecule has 7 nitrogen and oxygen atoms in total. The van der Waals surface area contributed by atoms with Gasteiger partial charge in [0.05, 0.1) is 19.7 Å². The average molecular weight is 370 g/mol. The highest BCUT2D eigenvalue weighted by atomic mass is 16.5. The Labute approximate surface area is 156 Å². The minimum absolute atomic E-state index is 0.0803. The van der Waals surface area contributed by atoms with E-state index in [9.17, 15) is 9.59 Å². The Morgan fingerprint density at radius 3 is 2.63 bits per heavy atom. The lowest BCUT2D eigenvalue weighted by atomic mass is 10.1. The number of rotatable bonds is 7. The summed E-state index contributed by atoms with van der Waals surface area (Å²) in [5.74, 6) is 0.855. The van der Waals surface area contributed by atoms with Gasteiger partial charge < -0.3 is 19.2 Å². The highest BCUT2D eigenvalue weighted by Crippen LogP contribution is 2.28. The van der Waals surface area contributed by atoms with Crippen molar-refractivity contribution in [2.24, 2.45) is 7.05 Å². The van der Waals surface area contributed by atoms with Crippen molar-refractivity contribution < 1.29 is 18.7 Å². The lowest BCUT2D eigenvalue weighted by Crippen LogP contribution is -2.12. The number of aryl methyl sites for hydroxylation is 2. The van der Waals surface area contributed by atoms with Gasteiger partial charge in [0.2, 0.25) is 5.91 Å². The number of amides is 1. The van der Waals surface area contributed by atoms with Crippen LogP contribution in [0.25, 0.3) is 11.1 Å². The van der Waals surface area contributed by atoms with Gasteiger partial charge in [-0.25, -0.2) is 4.79 Å². The number of nitrogens with one attached hydrogen (secondary N) is 1. The molecule has 0 aliphatic heterocycles. The SMILES string of the molecule is COc1ccc(CCCC(=O)Nc2ccc3oc(=O)n(C)c3c2)cc1OC. The van der Waals surface area contributed by atoms with Gasteiger partial charge in [0, 0.05) is 19.2 Å². The molecule has 0 spiro atoms. The fraction of sp³-hybridized carbons (Fsp3) is 0.300. The van der Waals surface area contributed by atoms with E-state index in [1.807, 2.05) is 18.2 Å². The van der Waals surface area contributed by atoms with Crippen molar-refractivity contribution >= 4 is 22.7 Å². The van der Waals surface area contributed by atoms with Crippen molar-refractivity contribution in [3.05, 3.63) is 52.5 Å². The zero-order chi connectivity index (χ0) is 19.4. The predicted octanol–water partition coefficient (Wildman–Crippen LogP) is 3.11. The summed E-state index contributed by atoms with van der Waals surface area (Å²) in [6.45, 7) is 0. The summed E-state index contributed by atoms with van der Waals surface area (Å²) >= 11 is 0. The van der Waals surface area contributed by atoms with Crippen molar-refractivity contribution in [2.45, 2.75) is 19.3 Å². The molecule has 142 valence electrons. The van der Waals surface area contributed by atoms with Crippen LogP contribution in [-0.4, -0.2) is 24.7 Å². The summed E-state index contributed by atoms with van der Waals surface area (Å²) in [5.41, 5.74) is 2.85. The number of anilines is 1. The number of ether oxygens (including phenoxy) is 2. The molecule has 0 saturated heterocycles. The molecule has 1 amide bonds. The van der Waals surface area contributed by atoms with Gasteiger partial charge in [0.25, 0.3) is 0 Å². The highest BCUT2D eigenvalue weighted by molar-refractivity contribution is 5.92. The molecule has 0 bridgehead atoms. The second kappa shape index (κ2) is 7.99. The van der Waals surface area contributed by atoms with Gasteiger partial charge in [-0.2, -0.15) is 0 Å². The maximum atomic E-state index is 12.2. The second-order valence-corrected chi connectivity index (χ2v) is 6.20. The van der Waals surface area contributed by atoms with E-state index in [4.69, 9.17) is 13.9 Å². The van der Waals surface area contributed by atoms with E-state index in [0.717, 1.165) is 12.0 Å². The van der Waals surface area contributed by atoms with Crippen LogP contribution in [0.4, 0.5) is 5.69 Å². The van der Waals surface area contributed by atoms with E-state index in [-0.39, 0.29) is 5.91 Å². The fourth-order valence-corrected chi connectivity index (χ4v) is 2.92. The number of hydrogen-bond acceptors (Lipinski definition) is 5. The zero-order valence-corrected chi connectivity index (χ0v) is 15.6. The van der Waals surface area contributed by atoms with E-state index in [1.54, 1.807) is 39.5 Å². The van der Waals surface area contributed by atoms with Crippen LogP contribution >= 0.6 is 0 Å². The molecule has 2 aromatic carbocycles. The molecule has 0 saturated carbocycles. The molecule has 3 rings (SSSR count). The summed E-state index contributed by atoms with van der Waals surface area (Å²) in [7, 11) is 4.82. The molecule has 1 heterocycles. The van der Waals surface area contributed by atoms with Gasteiger partial charge in [-0.15, -0.1) is 0 Å². The van der Waals surface area contributed by atoms with Gasteiger partial charge in [-0.3, -0.25) is 9.36 Å². The van der Waals surface area contributed by atoms with E-state index in [0.29, 0.717) is 41.1 Å². The van der Waals surface area contributed by atoms with Gasteiger partial charge in [0.15, 0.2) is 17.1 Å². The van der Waals surface area contributed by atoms with Crippen LogP contribution in [0, 0.1) is 0 Å². The van der Waals surface area contributed by atoms with Crippen LogP contribution in [0.1, 0.15) is 18.4 Å². The van der Waals surface area contributed by atoms with Crippen molar-refractivity contribution in [1.82, 2.24) is 4.57 Å². The lowest BCUT2D eigenvalue weighted by Gasteiger charge is -2.09. The number of carbonyl (C=O) groups is 1. The lowest BCUT2D eigenvalue weighted by molar-refractivity contribution is -0.116. The Morgan fingerprint density at radius 1 is 1.11 bits per heavy atom. The number of aromatic nitrogens is 1. The maximum absolute atomic E-state index is 12.2. The van der Waals surface area contributed by atoms with Gasteiger partial charge >= 0.3 is 5.76 Å². The molecule has 0 aliphatic carbocycles. The number of fused-ring (bicyclic) bond motifs is 1. The number of oxazole rings is 1. The monoisotopic (exact) mass is 370 g/mol. The third-order valence-corrected chi connectivity index (χ3v) is 4.39. The Bertz CT molecular complexity index is 1020. The minimum atomic E-state index is -0.427. The van der Waals surface area contributed by atoms with Gasteiger partial charge in [-0.1, -0.05) is 6.07 Å². The standard InChI is InChI=1S/C20H22N2O5/c1-22-15-12-14(8-10-16(15)27-20(22)24)21-19(23)6-4-5-13-7-9-17(25-2)18(11-13)26-3/h7-12H,4-6H2,1-3H3,(H,21,23). The van der Waals surface area contributed by atoms with Crippen molar-refractivity contribution in [3.8, 4) is 11.5 Å². The molecule has 3 aromatic rings. The molecule has 0 atom stereocenters. The molecule has 1 N–H and O–H groups in total. The molecule has 7 heteroatoms. The van der Waals surface area contributed by atoms with Crippen molar-refractivity contribution in [2.75, 3.05) is 19.5 Å². The third kappa shape index (κ3) is 4.13. The van der Waals surface area contributed by atoms with Crippen LogP contribution in [0.3, 0.4) is 0 Å². The first-order valence-electron chi connectivity index (χ1n) is 8.62. The molecule has 27 heavy (non-hydrogen) atoms. The zero-order valence-electron chi connectivity index (χ0n) is 15.6. The van der Waals surface area contributed by atoms with E-state index >= 15 is 0 Å². The summed E-state index contributed by atoms with van der Waals surface area (Å²) in [6.07, 6.45) is 1.84. The summed E-state index contributed by atoms with van der Waals surface area (Å²) in [4.78, 5) is 23.7. The molecule has 0 radical (unpaired) electrons. The third-order valence-electron chi connectivity index (χ3n) is 4.39. The quantitative estimate of drug-likeness (QED) is 0.691. The Balaban J connectivity index is 1.57. The highest BCUT2D eigenvalue weighted by Gasteiger charge is 2.09. The normalized spacial score (nSPS) is 10.8. The van der Waals surface area contributed by atoms with Crippen LogP contribution < -0.4 is 20.5 Å². The molecule has 0 unspecified atom stereocenters. The predicted molar refractivity (Wildman–Crippen MR) is 103 cm³/mol. The number of hydrogen-bond donors (Lipinski definition) is 1. The summed E-state index contributed by atoms with van der Waals surface area (Å²) in [5, 5.41) is 2.86. The minimum Gasteiger partial charge on any atom is -0.493 e. The Morgan fingerprint density at radius 2 is 1.89 bits per heavy atom. The number of carbonyl (C=O) groups excluding carboxylic acids is 1. The largest absolute Gasteiger partial charge is 0.493 e. The van der Waals surface area contributed by atoms with Crippen LogP contribution in [0.5, 0.6) is 11.5 Å². The van der Waals surface area contributed by atoms with Crippen LogP contribution in [0.15, 0.2) is 45.6 Å². The molecule has 0 fully saturated rings. The first-order valence-corrected chi connectivity index (χ1v) is 8.62. The first kappa shape index (κ1) is 18.6. The molecular formula is C20H22N2O5.